The molecule has 0 aliphatic carbocycles. The van der Waals surface area contributed by atoms with Crippen molar-refractivity contribution in [3.63, 3.8) is 0 Å². The fourth-order valence-electron chi connectivity index (χ4n) is 3.77. The second kappa shape index (κ2) is 11.1. The van der Waals surface area contributed by atoms with Gasteiger partial charge in [0.2, 0.25) is 15.9 Å². The molecule has 2 aromatic rings. The maximum atomic E-state index is 13.2. The topological polar surface area (TPSA) is 88.2 Å². The van der Waals surface area contributed by atoms with Crippen molar-refractivity contribution < 1.29 is 22.7 Å². The summed E-state index contributed by atoms with van der Waals surface area (Å²) in [5.74, 6) is -0.415. The molecule has 34 heavy (non-hydrogen) atoms. The highest BCUT2D eigenvalue weighted by Crippen LogP contribution is 2.31. The van der Waals surface area contributed by atoms with Gasteiger partial charge in [0.05, 0.1) is 42.7 Å². The van der Waals surface area contributed by atoms with Gasteiger partial charge in [-0.1, -0.05) is 29.3 Å². The number of hydrogen-bond donors (Lipinski definition) is 1. The van der Waals surface area contributed by atoms with Gasteiger partial charge in [-0.3, -0.25) is 4.79 Å². The van der Waals surface area contributed by atoms with Crippen LogP contribution in [-0.4, -0.2) is 71.2 Å². The average molecular weight is 526 g/mol. The summed E-state index contributed by atoms with van der Waals surface area (Å²) in [5.41, 5.74) is 1.78. The third kappa shape index (κ3) is 5.91. The first-order chi connectivity index (χ1) is 16.3. The SMILES string of the molecule is O=C(C=Cc1ccc(Cl)cc1Cl)Nc1cc(S(=O)(=O)N2CCOCC2)ccc1N1CCOCC1. The Hall–Kier alpha value is -2.14. The number of carbonyl (C=O) groups excluding carboxylic acids is 1. The van der Waals surface area contributed by atoms with Crippen molar-refractivity contribution in [1.82, 2.24) is 4.31 Å². The van der Waals surface area contributed by atoms with E-state index in [4.69, 9.17) is 32.7 Å². The van der Waals surface area contributed by atoms with Crippen LogP contribution in [0.3, 0.4) is 0 Å². The third-order valence-electron chi connectivity index (χ3n) is 5.56. The van der Waals surface area contributed by atoms with Crippen molar-refractivity contribution in [1.29, 1.82) is 0 Å². The summed E-state index contributed by atoms with van der Waals surface area (Å²) in [6.07, 6.45) is 2.93. The Morgan fingerprint density at radius 2 is 1.62 bits per heavy atom. The first-order valence-electron chi connectivity index (χ1n) is 10.8. The van der Waals surface area contributed by atoms with Gasteiger partial charge >= 0.3 is 0 Å². The summed E-state index contributed by atoms with van der Waals surface area (Å²) >= 11 is 12.1. The number of halogens is 2. The lowest BCUT2D eigenvalue weighted by molar-refractivity contribution is -0.111. The Morgan fingerprint density at radius 3 is 2.29 bits per heavy atom. The van der Waals surface area contributed by atoms with Crippen LogP contribution in [0.5, 0.6) is 0 Å². The van der Waals surface area contributed by atoms with E-state index in [9.17, 15) is 13.2 Å². The minimum atomic E-state index is -3.72. The lowest BCUT2D eigenvalue weighted by atomic mass is 10.2. The predicted molar refractivity (Wildman–Crippen MR) is 133 cm³/mol. The van der Waals surface area contributed by atoms with E-state index >= 15 is 0 Å². The van der Waals surface area contributed by atoms with Crippen LogP contribution in [0.1, 0.15) is 5.56 Å². The molecule has 0 unspecified atom stereocenters. The fourth-order valence-corrected chi connectivity index (χ4v) is 5.67. The Labute approximate surface area is 209 Å². The van der Waals surface area contributed by atoms with Gasteiger partial charge in [0.15, 0.2) is 0 Å². The molecule has 0 aromatic heterocycles. The molecule has 4 rings (SSSR count). The van der Waals surface area contributed by atoms with Gasteiger partial charge in [0.25, 0.3) is 0 Å². The van der Waals surface area contributed by atoms with E-state index in [1.165, 1.54) is 16.4 Å². The molecule has 8 nitrogen and oxygen atoms in total. The Balaban J connectivity index is 1.61. The second-order valence-electron chi connectivity index (χ2n) is 7.78. The predicted octanol–water partition coefficient (Wildman–Crippen LogP) is 3.50. The van der Waals surface area contributed by atoms with Crippen molar-refractivity contribution >= 4 is 56.6 Å². The van der Waals surface area contributed by atoms with Crippen LogP contribution >= 0.6 is 23.2 Å². The molecular weight excluding hydrogens is 501 g/mol. The van der Waals surface area contributed by atoms with Crippen molar-refractivity contribution in [3.05, 3.63) is 58.1 Å². The zero-order valence-corrected chi connectivity index (χ0v) is 20.7. The number of anilines is 2. The van der Waals surface area contributed by atoms with Gasteiger partial charge in [-0.25, -0.2) is 8.42 Å². The van der Waals surface area contributed by atoms with Crippen molar-refractivity contribution in [3.8, 4) is 0 Å². The van der Waals surface area contributed by atoms with E-state index in [2.05, 4.69) is 10.2 Å². The van der Waals surface area contributed by atoms with Crippen LogP contribution in [0.2, 0.25) is 10.0 Å². The van der Waals surface area contributed by atoms with Gasteiger partial charge < -0.3 is 19.7 Å². The van der Waals surface area contributed by atoms with E-state index in [0.717, 1.165) is 5.69 Å². The molecule has 0 bridgehead atoms. The lowest BCUT2D eigenvalue weighted by Gasteiger charge is -2.31. The number of benzene rings is 2. The van der Waals surface area contributed by atoms with Gasteiger partial charge in [-0.2, -0.15) is 4.31 Å². The number of ether oxygens (including phenoxy) is 2. The average Bonchev–Trinajstić information content (AvgIpc) is 2.84. The number of sulfonamides is 1. The molecule has 0 radical (unpaired) electrons. The number of morpholine rings is 2. The molecule has 182 valence electrons. The molecule has 2 aliphatic rings. The molecule has 2 aliphatic heterocycles. The summed E-state index contributed by atoms with van der Waals surface area (Å²) < 4.78 is 38.5. The monoisotopic (exact) mass is 525 g/mol. The van der Waals surface area contributed by atoms with E-state index in [1.807, 2.05) is 0 Å². The smallest absolute Gasteiger partial charge is 0.248 e. The Bertz CT molecular complexity index is 1180. The maximum Gasteiger partial charge on any atom is 0.248 e. The number of hydrogen-bond acceptors (Lipinski definition) is 6. The lowest BCUT2D eigenvalue weighted by Crippen LogP contribution is -2.40. The minimum absolute atomic E-state index is 0.117. The summed E-state index contributed by atoms with van der Waals surface area (Å²) in [5, 5.41) is 3.76. The molecule has 2 saturated heterocycles. The highest BCUT2D eigenvalue weighted by atomic mass is 35.5. The van der Waals surface area contributed by atoms with Crippen molar-refractivity contribution in [2.75, 3.05) is 62.8 Å². The van der Waals surface area contributed by atoms with Crippen molar-refractivity contribution in [2.45, 2.75) is 4.90 Å². The number of nitrogens with one attached hydrogen (secondary N) is 1. The highest BCUT2D eigenvalue weighted by molar-refractivity contribution is 7.89. The Kier molecular flexibility index (Phi) is 8.13. The fraction of sp³-hybridized carbons (Fsp3) is 0.348. The van der Waals surface area contributed by atoms with Crippen molar-refractivity contribution in [2.24, 2.45) is 0 Å². The summed E-state index contributed by atoms with van der Waals surface area (Å²) in [4.78, 5) is 15.0. The molecule has 2 aromatic carbocycles. The van der Waals surface area contributed by atoms with Crippen LogP contribution in [0.25, 0.3) is 6.08 Å². The first-order valence-corrected chi connectivity index (χ1v) is 13.0. The summed E-state index contributed by atoms with van der Waals surface area (Å²) in [6, 6.07) is 9.81. The van der Waals surface area contributed by atoms with Crippen LogP contribution in [0.15, 0.2) is 47.4 Å². The quantitative estimate of drug-likeness (QED) is 0.580. The molecule has 1 N–H and O–H groups in total. The maximum absolute atomic E-state index is 13.2. The molecule has 2 fully saturated rings. The number of nitrogens with zero attached hydrogens (tertiary/aromatic N) is 2. The van der Waals surface area contributed by atoms with Crippen LogP contribution in [0.4, 0.5) is 11.4 Å². The molecule has 11 heteroatoms. The van der Waals surface area contributed by atoms with E-state index < -0.39 is 15.9 Å². The first kappa shape index (κ1) is 25.0. The van der Waals surface area contributed by atoms with E-state index in [-0.39, 0.29) is 4.90 Å². The normalized spacial score (nSPS) is 17.8. The number of carbonyl (C=O) groups is 1. The zero-order chi connectivity index (χ0) is 24.1. The van der Waals surface area contributed by atoms with Gasteiger partial charge in [0, 0.05) is 42.3 Å². The third-order valence-corrected chi connectivity index (χ3v) is 8.02. The van der Waals surface area contributed by atoms with Crippen LogP contribution in [-0.2, 0) is 24.3 Å². The molecule has 0 atom stereocenters. The Morgan fingerprint density at radius 1 is 0.941 bits per heavy atom. The van der Waals surface area contributed by atoms with E-state index in [0.29, 0.717) is 73.9 Å². The molecule has 1 amide bonds. The number of amides is 1. The summed E-state index contributed by atoms with van der Waals surface area (Å²) in [7, 11) is -3.72. The second-order valence-corrected chi connectivity index (χ2v) is 10.6. The largest absolute Gasteiger partial charge is 0.379 e. The molecule has 2 heterocycles. The van der Waals surface area contributed by atoms with Crippen LogP contribution in [0, 0.1) is 0 Å². The minimum Gasteiger partial charge on any atom is -0.379 e. The van der Waals surface area contributed by atoms with Gasteiger partial charge in [-0.15, -0.1) is 0 Å². The van der Waals surface area contributed by atoms with Crippen LogP contribution < -0.4 is 10.2 Å². The van der Waals surface area contributed by atoms with E-state index in [1.54, 1.807) is 36.4 Å². The highest BCUT2D eigenvalue weighted by Gasteiger charge is 2.28. The number of rotatable bonds is 6. The molecular formula is C23H25Cl2N3O5S. The summed E-state index contributed by atoms with van der Waals surface area (Å²) in [6.45, 7) is 3.66. The molecule has 0 spiro atoms. The van der Waals surface area contributed by atoms with Gasteiger partial charge in [-0.05, 0) is 42.0 Å². The zero-order valence-electron chi connectivity index (χ0n) is 18.4. The molecule has 0 saturated carbocycles. The standard InChI is InChI=1S/C23H25Cl2N3O5S/c24-18-3-1-17(20(25)15-18)2-6-23(29)26-21-16-19(34(30,31)28-9-13-33-14-10-28)4-5-22(21)27-7-11-32-12-8-27/h1-6,15-16H,7-14H2,(H,26,29). The van der Waals surface area contributed by atoms with Gasteiger partial charge in [0.1, 0.15) is 0 Å².